The molecule has 1 aromatic rings. The third-order valence-electron chi connectivity index (χ3n) is 2.58. The summed E-state index contributed by atoms with van der Waals surface area (Å²) in [6, 6.07) is 2.22. The Morgan fingerprint density at radius 1 is 1.29 bits per heavy atom. The molecule has 0 aliphatic heterocycles. The number of ether oxygens (including phenoxy) is 1. The van der Waals surface area contributed by atoms with Gasteiger partial charge in [-0.15, -0.1) is 12.4 Å². The predicted molar refractivity (Wildman–Crippen MR) is 83.3 cm³/mol. The maximum Gasteiger partial charge on any atom is 0.242 e. The molecule has 0 atom stereocenters. The molecule has 0 aliphatic carbocycles. The zero-order valence-corrected chi connectivity index (χ0v) is 14.2. The molecule has 21 heavy (non-hydrogen) atoms. The highest BCUT2D eigenvalue weighted by molar-refractivity contribution is 7.89. The van der Waals surface area contributed by atoms with Crippen LogP contribution in [0.5, 0.6) is 0 Å². The largest absolute Gasteiger partial charge is 0.383 e. The van der Waals surface area contributed by atoms with E-state index in [1.54, 1.807) is 7.11 Å². The number of methoxy groups -OCH3 is 1. The van der Waals surface area contributed by atoms with Crippen molar-refractivity contribution in [1.82, 2.24) is 10.0 Å². The van der Waals surface area contributed by atoms with Crippen molar-refractivity contribution in [1.29, 1.82) is 0 Å². The molecule has 0 aromatic heterocycles. The molecule has 0 saturated carbocycles. The van der Waals surface area contributed by atoms with Crippen molar-refractivity contribution in [2.24, 2.45) is 0 Å². The lowest BCUT2D eigenvalue weighted by atomic mass is 10.2. The maximum absolute atomic E-state index is 13.3. The minimum Gasteiger partial charge on any atom is -0.383 e. The van der Waals surface area contributed by atoms with Gasteiger partial charge in [0, 0.05) is 26.7 Å². The molecule has 0 radical (unpaired) electrons. The van der Waals surface area contributed by atoms with Gasteiger partial charge in [-0.05, 0) is 24.6 Å². The number of sulfonamides is 1. The van der Waals surface area contributed by atoms with Crippen molar-refractivity contribution >= 4 is 34.0 Å². The van der Waals surface area contributed by atoms with Crippen molar-refractivity contribution in [3.8, 4) is 0 Å². The van der Waals surface area contributed by atoms with Gasteiger partial charge in [-0.25, -0.2) is 17.5 Å². The lowest BCUT2D eigenvalue weighted by Gasteiger charge is -2.10. The fourth-order valence-electron chi connectivity index (χ4n) is 1.49. The fraction of sp³-hybridized carbons (Fsp3) is 0.500. The molecule has 0 heterocycles. The topological polar surface area (TPSA) is 67.4 Å². The Morgan fingerprint density at radius 3 is 2.57 bits per heavy atom. The van der Waals surface area contributed by atoms with Gasteiger partial charge < -0.3 is 10.1 Å². The zero-order chi connectivity index (χ0) is 15.2. The number of hydrogen-bond donors (Lipinski definition) is 2. The molecular formula is C12H19Cl2FN2O3S. The van der Waals surface area contributed by atoms with Crippen molar-refractivity contribution < 1.29 is 17.5 Å². The maximum atomic E-state index is 13.3. The van der Waals surface area contributed by atoms with E-state index in [2.05, 4.69) is 10.0 Å². The Hall–Kier alpha value is -0.440. The predicted octanol–water partition coefficient (Wildman–Crippen LogP) is 1.72. The standard InChI is InChI=1S/C12H18ClFN2O3S.ClH/c1-9-7-12(10(13)8-11(9)14)20(17,18)16-4-3-15-5-6-19-2;/h7-8,15-16H,3-6H2,1-2H3;1H. The molecule has 9 heteroatoms. The molecule has 0 fully saturated rings. The average molecular weight is 361 g/mol. The van der Waals surface area contributed by atoms with E-state index >= 15 is 0 Å². The molecule has 1 rings (SSSR count). The van der Waals surface area contributed by atoms with E-state index in [9.17, 15) is 12.8 Å². The average Bonchev–Trinajstić information content (AvgIpc) is 2.37. The first kappa shape index (κ1) is 20.6. The molecule has 0 saturated heterocycles. The molecule has 0 unspecified atom stereocenters. The van der Waals surface area contributed by atoms with E-state index < -0.39 is 15.8 Å². The van der Waals surface area contributed by atoms with Gasteiger partial charge in [-0.2, -0.15) is 0 Å². The summed E-state index contributed by atoms with van der Waals surface area (Å²) in [6.45, 7) is 3.33. The van der Waals surface area contributed by atoms with Gasteiger partial charge in [0.2, 0.25) is 10.0 Å². The van der Waals surface area contributed by atoms with Gasteiger partial charge in [0.1, 0.15) is 10.7 Å². The first-order valence-corrected chi connectivity index (χ1v) is 7.89. The minimum absolute atomic E-state index is 0. The summed E-state index contributed by atoms with van der Waals surface area (Å²) >= 11 is 5.78. The van der Waals surface area contributed by atoms with E-state index in [0.29, 0.717) is 19.7 Å². The molecule has 122 valence electrons. The molecule has 0 aliphatic rings. The molecule has 0 amide bonds. The lowest BCUT2D eigenvalue weighted by molar-refractivity contribution is 0.199. The third kappa shape index (κ3) is 6.46. The van der Waals surface area contributed by atoms with Crippen LogP contribution in [0.2, 0.25) is 5.02 Å². The van der Waals surface area contributed by atoms with Crippen LogP contribution in [0.1, 0.15) is 5.56 Å². The Labute approximate surface area is 135 Å². The molecule has 5 nitrogen and oxygen atoms in total. The van der Waals surface area contributed by atoms with Crippen LogP contribution < -0.4 is 10.0 Å². The van der Waals surface area contributed by atoms with Crippen molar-refractivity contribution in [2.75, 3.05) is 33.4 Å². The van der Waals surface area contributed by atoms with E-state index in [0.717, 1.165) is 6.07 Å². The highest BCUT2D eigenvalue weighted by atomic mass is 35.5. The summed E-state index contributed by atoms with van der Waals surface area (Å²) in [5.74, 6) is -0.532. The van der Waals surface area contributed by atoms with E-state index in [1.165, 1.54) is 13.0 Å². The highest BCUT2D eigenvalue weighted by Gasteiger charge is 2.19. The van der Waals surface area contributed by atoms with Gasteiger partial charge in [-0.1, -0.05) is 11.6 Å². The molecular weight excluding hydrogens is 342 g/mol. The summed E-state index contributed by atoms with van der Waals surface area (Å²) in [7, 11) is -2.16. The first-order chi connectivity index (χ1) is 9.38. The zero-order valence-electron chi connectivity index (χ0n) is 11.8. The summed E-state index contributed by atoms with van der Waals surface area (Å²) < 4.78 is 44.6. The van der Waals surface area contributed by atoms with Crippen LogP contribution in [-0.4, -0.2) is 41.8 Å². The van der Waals surface area contributed by atoms with E-state index in [-0.39, 0.29) is 34.4 Å². The van der Waals surface area contributed by atoms with Crippen LogP contribution in [0.4, 0.5) is 4.39 Å². The Bertz CT molecular complexity index is 556. The third-order valence-corrected chi connectivity index (χ3v) is 4.51. The summed E-state index contributed by atoms with van der Waals surface area (Å²) in [5, 5.41) is 2.87. The molecule has 1 aromatic carbocycles. The Kier molecular flexibility index (Phi) is 9.35. The van der Waals surface area contributed by atoms with Crippen molar-refractivity contribution in [3.05, 3.63) is 28.5 Å². The fourth-order valence-corrected chi connectivity index (χ4v) is 3.12. The second kappa shape index (κ2) is 9.55. The van der Waals surface area contributed by atoms with Crippen LogP contribution in [0.3, 0.4) is 0 Å². The van der Waals surface area contributed by atoms with Crippen LogP contribution in [0.25, 0.3) is 0 Å². The van der Waals surface area contributed by atoms with Gasteiger partial charge in [0.05, 0.1) is 11.6 Å². The number of hydrogen-bond acceptors (Lipinski definition) is 4. The number of aryl methyl sites for hydroxylation is 1. The number of halogens is 3. The number of nitrogens with one attached hydrogen (secondary N) is 2. The lowest BCUT2D eigenvalue weighted by Crippen LogP contribution is -2.33. The van der Waals surface area contributed by atoms with Crippen molar-refractivity contribution in [2.45, 2.75) is 11.8 Å². The van der Waals surface area contributed by atoms with Gasteiger partial charge >= 0.3 is 0 Å². The second-order valence-corrected chi connectivity index (χ2v) is 6.31. The Balaban J connectivity index is 0.00000400. The number of rotatable bonds is 8. The monoisotopic (exact) mass is 360 g/mol. The van der Waals surface area contributed by atoms with Crippen LogP contribution in [-0.2, 0) is 14.8 Å². The number of benzene rings is 1. The van der Waals surface area contributed by atoms with Gasteiger partial charge in [0.15, 0.2) is 0 Å². The van der Waals surface area contributed by atoms with Gasteiger partial charge in [-0.3, -0.25) is 0 Å². The summed E-state index contributed by atoms with van der Waals surface area (Å²) in [6.07, 6.45) is 0. The van der Waals surface area contributed by atoms with Crippen LogP contribution in [0, 0.1) is 12.7 Å². The molecule has 2 N–H and O–H groups in total. The van der Waals surface area contributed by atoms with E-state index in [1.807, 2.05) is 0 Å². The van der Waals surface area contributed by atoms with Crippen LogP contribution >= 0.6 is 24.0 Å². The SMILES string of the molecule is COCCNCCNS(=O)(=O)c1cc(C)c(F)cc1Cl.Cl. The normalized spacial score (nSPS) is 11.2. The first-order valence-electron chi connectivity index (χ1n) is 6.03. The minimum atomic E-state index is -3.74. The summed E-state index contributed by atoms with van der Waals surface area (Å²) in [5.41, 5.74) is 0.230. The highest BCUT2D eigenvalue weighted by Crippen LogP contribution is 2.24. The second-order valence-electron chi connectivity index (χ2n) is 4.17. The summed E-state index contributed by atoms with van der Waals surface area (Å²) in [4.78, 5) is -0.116. The smallest absolute Gasteiger partial charge is 0.242 e. The Morgan fingerprint density at radius 2 is 1.95 bits per heavy atom. The van der Waals surface area contributed by atoms with E-state index in [4.69, 9.17) is 16.3 Å². The van der Waals surface area contributed by atoms with Crippen LogP contribution in [0.15, 0.2) is 17.0 Å². The van der Waals surface area contributed by atoms with Crippen molar-refractivity contribution in [3.63, 3.8) is 0 Å². The molecule has 0 spiro atoms. The quantitative estimate of drug-likeness (QED) is 0.692. The van der Waals surface area contributed by atoms with Gasteiger partial charge in [0.25, 0.3) is 0 Å². The molecule has 0 bridgehead atoms.